The van der Waals surface area contributed by atoms with Crippen molar-refractivity contribution in [2.24, 2.45) is 0 Å². The molecule has 2 rings (SSSR count). The van der Waals surface area contributed by atoms with Crippen LogP contribution < -0.4 is 10.1 Å². The second-order valence-electron chi connectivity index (χ2n) is 5.00. The smallest absolute Gasteiger partial charge is 0.294 e. The van der Waals surface area contributed by atoms with E-state index in [1.165, 1.54) is 14.2 Å². The lowest BCUT2D eigenvalue weighted by molar-refractivity contribution is -0.129. The minimum absolute atomic E-state index is 0.232. The Balaban J connectivity index is 2.07. The Kier molecular flexibility index (Phi) is 6.86. The van der Waals surface area contributed by atoms with Gasteiger partial charge in [-0.2, -0.15) is 0 Å². The molecule has 0 unspecified atom stereocenters. The second-order valence-corrected chi connectivity index (χ2v) is 6.40. The number of thioether (sulfide) groups is 1. The fourth-order valence-electron chi connectivity index (χ4n) is 2.05. The molecule has 0 aliphatic carbocycles. The van der Waals surface area contributed by atoms with Gasteiger partial charge < -0.3 is 14.8 Å². The van der Waals surface area contributed by atoms with Crippen molar-refractivity contribution in [3.63, 3.8) is 0 Å². The van der Waals surface area contributed by atoms with E-state index in [-0.39, 0.29) is 11.4 Å². The van der Waals surface area contributed by atoms with Crippen LogP contribution >= 0.6 is 23.4 Å². The molecule has 0 atom stereocenters. The predicted octanol–water partition coefficient (Wildman–Crippen LogP) is 2.15. The van der Waals surface area contributed by atoms with Gasteiger partial charge in [0.05, 0.1) is 23.6 Å². The molecule has 25 heavy (non-hydrogen) atoms. The van der Waals surface area contributed by atoms with Gasteiger partial charge in [0.15, 0.2) is 0 Å². The zero-order valence-corrected chi connectivity index (χ0v) is 15.3. The number of halogens is 1. The van der Waals surface area contributed by atoms with Crippen LogP contribution in [0.5, 0.6) is 5.75 Å². The summed E-state index contributed by atoms with van der Waals surface area (Å²) in [7, 11) is 3.02. The first-order chi connectivity index (χ1) is 12.0. The highest BCUT2D eigenvalue weighted by atomic mass is 35.5. The Morgan fingerprint density at radius 3 is 2.76 bits per heavy atom. The molecule has 1 fully saturated rings. The van der Waals surface area contributed by atoms with Crippen LogP contribution in [0.15, 0.2) is 23.1 Å². The molecule has 1 aliphatic heterocycles. The number of hydrogen-bond donors (Lipinski definition) is 1. The van der Waals surface area contributed by atoms with Crippen LogP contribution in [0.3, 0.4) is 0 Å². The van der Waals surface area contributed by atoms with Crippen molar-refractivity contribution < 1.29 is 23.9 Å². The van der Waals surface area contributed by atoms with Gasteiger partial charge in [0.25, 0.3) is 11.1 Å². The molecule has 7 nitrogen and oxygen atoms in total. The minimum atomic E-state index is -0.510. The number of hydrogen-bond acceptors (Lipinski definition) is 6. The van der Waals surface area contributed by atoms with Gasteiger partial charge in [0.1, 0.15) is 12.3 Å². The summed E-state index contributed by atoms with van der Waals surface area (Å²) >= 11 is 6.83. The molecular formula is C16H17ClN2O5S. The van der Waals surface area contributed by atoms with Crippen molar-refractivity contribution in [1.82, 2.24) is 10.2 Å². The first kappa shape index (κ1) is 19.3. The van der Waals surface area contributed by atoms with Crippen molar-refractivity contribution >= 4 is 46.5 Å². The number of carbonyl (C=O) groups excluding carboxylic acids is 3. The van der Waals surface area contributed by atoms with Crippen LogP contribution in [0.1, 0.15) is 5.56 Å². The molecule has 1 aromatic carbocycles. The molecule has 134 valence electrons. The van der Waals surface area contributed by atoms with Gasteiger partial charge in [0, 0.05) is 13.7 Å². The fourth-order valence-corrected chi connectivity index (χ4v) is 3.16. The third-order valence-electron chi connectivity index (χ3n) is 3.28. The van der Waals surface area contributed by atoms with E-state index in [4.69, 9.17) is 21.1 Å². The maximum atomic E-state index is 12.3. The van der Waals surface area contributed by atoms with Crippen molar-refractivity contribution in [3.8, 4) is 5.75 Å². The maximum absolute atomic E-state index is 12.3. The third-order valence-corrected chi connectivity index (χ3v) is 4.48. The Labute approximate surface area is 154 Å². The molecule has 1 aliphatic rings. The monoisotopic (exact) mass is 384 g/mol. The molecule has 0 spiro atoms. The highest BCUT2D eigenvalue weighted by Gasteiger charge is 2.36. The van der Waals surface area contributed by atoms with Crippen LogP contribution in [0.25, 0.3) is 6.08 Å². The van der Waals surface area contributed by atoms with Crippen molar-refractivity contribution in [2.75, 3.05) is 33.9 Å². The fraction of sp³-hybridized carbons (Fsp3) is 0.312. The zero-order chi connectivity index (χ0) is 18.4. The Morgan fingerprint density at radius 2 is 2.12 bits per heavy atom. The molecule has 1 N–H and O–H groups in total. The lowest BCUT2D eigenvalue weighted by Crippen LogP contribution is -2.40. The number of methoxy groups -OCH3 is 2. The quantitative estimate of drug-likeness (QED) is 0.572. The minimum Gasteiger partial charge on any atom is -0.495 e. The third kappa shape index (κ3) is 4.97. The number of nitrogens with zero attached hydrogens (tertiary/aromatic N) is 1. The second kappa shape index (κ2) is 8.89. The van der Waals surface area contributed by atoms with E-state index in [1.807, 2.05) is 0 Å². The van der Waals surface area contributed by atoms with E-state index in [2.05, 4.69) is 5.32 Å². The van der Waals surface area contributed by atoms with Crippen molar-refractivity contribution in [3.05, 3.63) is 33.7 Å². The number of benzene rings is 1. The Hall–Kier alpha value is -2.03. The average Bonchev–Trinajstić information content (AvgIpc) is 2.83. The molecular weight excluding hydrogens is 368 g/mol. The number of rotatable bonds is 7. The summed E-state index contributed by atoms with van der Waals surface area (Å²) < 4.78 is 9.89. The van der Waals surface area contributed by atoms with E-state index >= 15 is 0 Å². The van der Waals surface area contributed by atoms with Gasteiger partial charge in [-0.1, -0.05) is 17.7 Å². The van der Waals surface area contributed by atoms with E-state index in [0.717, 1.165) is 16.7 Å². The molecule has 1 heterocycles. The van der Waals surface area contributed by atoms with Gasteiger partial charge in [-0.3, -0.25) is 19.3 Å². The number of carbonyl (C=O) groups is 3. The van der Waals surface area contributed by atoms with Gasteiger partial charge in [-0.25, -0.2) is 0 Å². The number of amides is 3. The summed E-state index contributed by atoms with van der Waals surface area (Å²) in [6, 6.07) is 5.02. The normalized spacial score (nSPS) is 15.8. The maximum Gasteiger partial charge on any atom is 0.294 e. The van der Waals surface area contributed by atoms with Crippen LogP contribution in [-0.4, -0.2) is 55.9 Å². The van der Waals surface area contributed by atoms with Crippen LogP contribution in [0.2, 0.25) is 5.02 Å². The van der Waals surface area contributed by atoms with Crippen LogP contribution in [0.4, 0.5) is 4.79 Å². The molecule has 0 saturated carbocycles. The Bertz CT molecular complexity index is 722. The lowest BCUT2D eigenvalue weighted by atomic mass is 10.2. The highest BCUT2D eigenvalue weighted by molar-refractivity contribution is 8.18. The van der Waals surface area contributed by atoms with E-state index in [0.29, 0.717) is 29.5 Å². The van der Waals surface area contributed by atoms with Crippen LogP contribution in [0, 0.1) is 0 Å². The number of nitrogens with one attached hydrogen (secondary N) is 1. The molecule has 0 radical (unpaired) electrons. The molecule has 9 heteroatoms. The summed E-state index contributed by atoms with van der Waals surface area (Å²) in [5, 5.41) is 2.47. The average molecular weight is 385 g/mol. The number of ether oxygens (including phenoxy) is 2. The predicted molar refractivity (Wildman–Crippen MR) is 95.6 cm³/mol. The van der Waals surface area contributed by atoms with Gasteiger partial charge >= 0.3 is 0 Å². The van der Waals surface area contributed by atoms with Crippen molar-refractivity contribution in [1.29, 1.82) is 0 Å². The SMILES string of the molecule is COCCNC(=O)CN1C(=O)S/C(=C\c2ccc(OC)c(Cl)c2)C1=O. The Morgan fingerprint density at radius 1 is 1.36 bits per heavy atom. The molecule has 3 amide bonds. The summed E-state index contributed by atoms with van der Waals surface area (Å²) in [6.07, 6.45) is 1.55. The van der Waals surface area contributed by atoms with E-state index in [1.54, 1.807) is 24.3 Å². The van der Waals surface area contributed by atoms with Gasteiger partial charge in [-0.05, 0) is 35.5 Å². The van der Waals surface area contributed by atoms with Gasteiger partial charge in [0.2, 0.25) is 5.91 Å². The van der Waals surface area contributed by atoms with Gasteiger partial charge in [-0.15, -0.1) is 0 Å². The topological polar surface area (TPSA) is 84.9 Å². The number of imide groups is 1. The lowest BCUT2D eigenvalue weighted by Gasteiger charge is -2.12. The first-order valence-corrected chi connectivity index (χ1v) is 8.50. The summed E-state index contributed by atoms with van der Waals surface area (Å²) in [6.45, 7) is 0.340. The zero-order valence-electron chi connectivity index (χ0n) is 13.7. The molecule has 0 bridgehead atoms. The van der Waals surface area contributed by atoms with E-state index in [9.17, 15) is 14.4 Å². The standard InChI is InChI=1S/C16H17ClN2O5S/c1-23-6-5-18-14(20)9-19-15(21)13(25-16(19)22)8-10-3-4-12(24-2)11(17)7-10/h3-4,7-8H,5-6,9H2,1-2H3,(H,18,20)/b13-8-. The first-order valence-electron chi connectivity index (χ1n) is 7.30. The van der Waals surface area contributed by atoms with Crippen LogP contribution in [-0.2, 0) is 14.3 Å². The molecule has 1 aromatic rings. The summed E-state index contributed by atoms with van der Waals surface area (Å²) in [5.74, 6) is -0.420. The summed E-state index contributed by atoms with van der Waals surface area (Å²) in [4.78, 5) is 37.3. The molecule has 0 aromatic heterocycles. The molecule has 1 saturated heterocycles. The van der Waals surface area contributed by atoms with E-state index < -0.39 is 17.1 Å². The summed E-state index contributed by atoms with van der Waals surface area (Å²) in [5.41, 5.74) is 0.654. The van der Waals surface area contributed by atoms with Crippen molar-refractivity contribution in [2.45, 2.75) is 0 Å². The highest BCUT2D eigenvalue weighted by Crippen LogP contribution is 2.33. The largest absolute Gasteiger partial charge is 0.495 e.